The lowest BCUT2D eigenvalue weighted by Crippen LogP contribution is -2.25. The van der Waals surface area contributed by atoms with Gasteiger partial charge in [0.2, 0.25) is 0 Å². The third kappa shape index (κ3) is 3.73. The van der Waals surface area contributed by atoms with Gasteiger partial charge in [0.15, 0.2) is 0 Å². The van der Waals surface area contributed by atoms with Crippen LogP contribution in [0.1, 0.15) is 48.0 Å². The highest BCUT2D eigenvalue weighted by molar-refractivity contribution is 7.16. The fourth-order valence-electron chi connectivity index (χ4n) is 1.44. The predicted octanol–water partition coefficient (Wildman–Crippen LogP) is 4.52. The minimum Gasteiger partial charge on any atom is -0.137 e. The summed E-state index contributed by atoms with van der Waals surface area (Å²) in [4.78, 5) is 0. The molecule has 0 aromatic heterocycles. The number of rotatable bonds is 5. The molecule has 0 fully saturated rings. The van der Waals surface area contributed by atoms with Gasteiger partial charge in [0.1, 0.15) is 0 Å². The first-order chi connectivity index (χ1) is 6.37. The Morgan fingerprint density at radius 2 is 1.86 bits per heavy atom. The Kier molecular flexibility index (Phi) is 5.98. The van der Waals surface area contributed by atoms with Crippen molar-refractivity contribution in [3.8, 4) is 0 Å². The molecule has 0 aliphatic carbocycles. The smallest absolute Gasteiger partial charge is 0.0202 e. The average molecular weight is 214 g/mol. The molecule has 0 saturated heterocycles. The van der Waals surface area contributed by atoms with Crippen molar-refractivity contribution < 1.29 is 0 Å². The van der Waals surface area contributed by atoms with Crippen molar-refractivity contribution in [3.63, 3.8) is 0 Å². The van der Waals surface area contributed by atoms with Gasteiger partial charge in [-0.15, -0.1) is 9.24 Å². The molecule has 0 spiro atoms. The van der Waals surface area contributed by atoms with Crippen LogP contribution in [-0.4, -0.2) is 6.16 Å². The van der Waals surface area contributed by atoms with E-state index in [1.807, 2.05) is 0 Å². The Balaban J connectivity index is 4.61. The molecule has 0 rings (SSSR count). The van der Waals surface area contributed by atoms with Gasteiger partial charge < -0.3 is 0 Å². The molecule has 84 valence electrons. The third-order valence-corrected chi connectivity index (χ3v) is 4.73. The molecule has 1 heteroatoms. The summed E-state index contributed by atoms with van der Waals surface area (Å²) in [5.41, 5.74) is 1.97. The standard InChI is InChI=1S/C13H27P/c1-7-13(6,9-14)12(5)8-11(4)10(2)3/h8,10,12H,7,9,14H2,1-6H3/b11-8+. The molecule has 0 aromatic carbocycles. The molecule has 0 bridgehead atoms. The molecule has 0 nitrogen and oxygen atoms in total. The van der Waals surface area contributed by atoms with Crippen molar-refractivity contribution in [1.82, 2.24) is 0 Å². The summed E-state index contributed by atoms with van der Waals surface area (Å²) >= 11 is 0. The molecule has 3 atom stereocenters. The van der Waals surface area contributed by atoms with Gasteiger partial charge in [-0.3, -0.25) is 0 Å². The summed E-state index contributed by atoms with van der Waals surface area (Å²) in [6, 6.07) is 0. The van der Waals surface area contributed by atoms with Crippen molar-refractivity contribution >= 4 is 9.24 Å². The molecular formula is C13H27P. The van der Waals surface area contributed by atoms with Gasteiger partial charge in [-0.05, 0) is 36.8 Å². The quantitative estimate of drug-likeness (QED) is 0.466. The van der Waals surface area contributed by atoms with E-state index in [0.29, 0.717) is 17.3 Å². The van der Waals surface area contributed by atoms with Gasteiger partial charge in [-0.1, -0.05) is 46.3 Å². The Labute approximate surface area is 92.8 Å². The zero-order valence-electron chi connectivity index (χ0n) is 10.7. The fourth-order valence-corrected chi connectivity index (χ4v) is 2.10. The van der Waals surface area contributed by atoms with Gasteiger partial charge >= 0.3 is 0 Å². The van der Waals surface area contributed by atoms with Crippen LogP contribution in [0.5, 0.6) is 0 Å². The maximum atomic E-state index is 2.89. The highest BCUT2D eigenvalue weighted by Crippen LogP contribution is 2.35. The molecule has 0 radical (unpaired) electrons. The molecule has 14 heavy (non-hydrogen) atoms. The van der Waals surface area contributed by atoms with Gasteiger partial charge in [0.25, 0.3) is 0 Å². The van der Waals surface area contributed by atoms with Crippen molar-refractivity contribution in [2.45, 2.75) is 48.0 Å². The van der Waals surface area contributed by atoms with Crippen molar-refractivity contribution in [2.75, 3.05) is 6.16 Å². The van der Waals surface area contributed by atoms with E-state index in [1.165, 1.54) is 18.2 Å². The van der Waals surface area contributed by atoms with Crippen molar-refractivity contribution in [3.05, 3.63) is 11.6 Å². The lowest BCUT2D eigenvalue weighted by molar-refractivity contribution is 0.272. The van der Waals surface area contributed by atoms with Crippen LogP contribution in [-0.2, 0) is 0 Å². The molecule has 0 heterocycles. The van der Waals surface area contributed by atoms with Crippen LogP contribution in [0, 0.1) is 17.3 Å². The molecule has 0 amide bonds. The van der Waals surface area contributed by atoms with E-state index in [4.69, 9.17) is 0 Å². The van der Waals surface area contributed by atoms with E-state index in [9.17, 15) is 0 Å². The summed E-state index contributed by atoms with van der Waals surface area (Å²) in [6.45, 7) is 13.8. The summed E-state index contributed by atoms with van der Waals surface area (Å²) in [5, 5.41) is 0. The SMILES string of the molecule is CCC(C)(CP)C(C)/C=C(\C)C(C)C. The van der Waals surface area contributed by atoms with Gasteiger partial charge in [0, 0.05) is 0 Å². The minimum atomic E-state index is 0.445. The van der Waals surface area contributed by atoms with Crippen LogP contribution in [0.2, 0.25) is 0 Å². The van der Waals surface area contributed by atoms with Gasteiger partial charge in [-0.25, -0.2) is 0 Å². The maximum Gasteiger partial charge on any atom is -0.0202 e. The monoisotopic (exact) mass is 214 g/mol. The van der Waals surface area contributed by atoms with E-state index in [2.05, 4.69) is 56.9 Å². The highest BCUT2D eigenvalue weighted by Gasteiger charge is 2.25. The largest absolute Gasteiger partial charge is 0.137 e. The lowest BCUT2D eigenvalue weighted by atomic mass is 9.76. The van der Waals surface area contributed by atoms with Crippen LogP contribution in [0.3, 0.4) is 0 Å². The molecule has 3 unspecified atom stereocenters. The van der Waals surface area contributed by atoms with Crippen molar-refractivity contribution in [2.24, 2.45) is 17.3 Å². The minimum absolute atomic E-state index is 0.445. The summed E-state index contributed by atoms with van der Waals surface area (Å²) in [6.07, 6.45) is 4.89. The van der Waals surface area contributed by atoms with Crippen LogP contribution in [0.4, 0.5) is 0 Å². The summed E-state index contributed by atoms with van der Waals surface area (Å²) < 4.78 is 0. The highest BCUT2D eigenvalue weighted by atomic mass is 31.0. The second-order valence-electron chi connectivity index (χ2n) is 5.07. The Bertz CT molecular complexity index is 187. The first-order valence-electron chi connectivity index (χ1n) is 5.75. The topological polar surface area (TPSA) is 0 Å². The second-order valence-corrected chi connectivity index (χ2v) is 5.47. The molecule has 0 saturated carbocycles. The first kappa shape index (κ1) is 14.2. The zero-order valence-corrected chi connectivity index (χ0v) is 11.9. The van der Waals surface area contributed by atoms with E-state index < -0.39 is 0 Å². The van der Waals surface area contributed by atoms with E-state index in [1.54, 1.807) is 0 Å². The predicted molar refractivity (Wildman–Crippen MR) is 70.7 cm³/mol. The van der Waals surface area contributed by atoms with Crippen LogP contribution in [0.25, 0.3) is 0 Å². The lowest BCUT2D eigenvalue weighted by Gasteiger charge is -2.32. The van der Waals surface area contributed by atoms with Crippen LogP contribution >= 0.6 is 9.24 Å². The van der Waals surface area contributed by atoms with Gasteiger partial charge in [-0.2, -0.15) is 0 Å². The van der Waals surface area contributed by atoms with E-state index in [-0.39, 0.29) is 0 Å². The molecular weight excluding hydrogens is 187 g/mol. The number of hydrogen-bond acceptors (Lipinski definition) is 0. The van der Waals surface area contributed by atoms with E-state index >= 15 is 0 Å². The van der Waals surface area contributed by atoms with Crippen LogP contribution < -0.4 is 0 Å². The number of hydrogen-bond donors (Lipinski definition) is 0. The van der Waals surface area contributed by atoms with Gasteiger partial charge in [0.05, 0.1) is 0 Å². The first-order valence-corrected chi connectivity index (χ1v) is 6.57. The average Bonchev–Trinajstić information content (AvgIpc) is 2.16. The Morgan fingerprint density at radius 1 is 1.36 bits per heavy atom. The zero-order chi connectivity index (χ0) is 11.4. The fraction of sp³-hybridized carbons (Fsp3) is 0.846. The third-order valence-electron chi connectivity index (χ3n) is 3.80. The second kappa shape index (κ2) is 5.91. The van der Waals surface area contributed by atoms with E-state index in [0.717, 1.165) is 0 Å². The molecule has 0 N–H and O–H groups in total. The molecule has 0 aliphatic heterocycles. The summed E-state index contributed by atoms with van der Waals surface area (Å²) in [5.74, 6) is 1.36. The molecule has 0 aliphatic rings. The Hall–Kier alpha value is 0.170. The number of allylic oxidation sites excluding steroid dienone is 2. The molecule has 0 aromatic rings. The Morgan fingerprint density at radius 3 is 2.14 bits per heavy atom. The van der Waals surface area contributed by atoms with Crippen LogP contribution in [0.15, 0.2) is 11.6 Å². The summed E-state index contributed by atoms with van der Waals surface area (Å²) in [7, 11) is 2.89. The normalized spacial score (nSPS) is 19.6. The maximum absolute atomic E-state index is 2.89. The van der Waals surface area contributed by atoms with Crippen molar-refractivity contribution in [1.29, 1.82) is 0 Å².